The van der Waals surface area contributed by atoms with Gasteiger partial charge in [-0.1, -0.05) is 73.3 Å². The summed E-state index contributed by atoms with van der Waals surface area (Å²) >= 11 is 6.15. The Kier molecular flexibility index (Phi) is 9.00. The van der Waals surface area contributed by atoms with Crippen LogP contribution in [0, 0.1) is 0 Å². The predicted octanol–water partition coefficient (Wildman–Crippen LogP) is 5.19. The van der Waals surface area contributed by atoms with Crippen molar-refractivity contribution in [1.82, 2.24) is 15.1 Å². The number of nitrogens with one attached hydrogen (secondary N) is 1. The van der Waals surface area contributed by atoms with Crippen LogP contribution in [0.1, 0.15) is 68.5 Å². The molecule has 2 amide bonds. The Hall–Kier alpha value is -2.37. The summed E-state index contributed by atoms with van der Waals surface area (Å²) in [5.74, 6) is 0.104. The number of hydrogen-bond acceptors (Lipinski definition) is 3. The van der Waals surface area contributed by atoms with Crippen molar-refractivity contribution in [2.45, 2.75) is 63.5 Å². The van der Waals surface area contributed by atoms with E-state index < -0.39 is 0 Å². The third-order valence-electron chi connectivity index (χ3n) is 7.09. The summed E-state index contributed by atoms with van der Waals surface area (Å²) in [6.45, 7) is 3.12. The highest BCUT2D eigenvalue weighted by Gasteiger charge is 2.27. The zero-order valence-electron chi connectivity index (χ0n) is 19.9. The average molecular weight is 482 g/mol. The lowest BCUT2D eigenvalue weighted by atomic mass is 9.95. The van der Waals surface area contributed by atoms with Crippen LogP contribution in [0.25, 0.3) is 0 Å². The average Bonchev–Trinajstić information content (AvgIpc) is 3.12. The number of nitrogens with zero attached hydrogens (tertiary/aromatic N) is 2. The van der Waals surface area contributed by atoms with Crippen LogP contribution in [-0.4, -0.2) is 53.8 Å². The van der Waals surface area contributed by atoms with Gasteiger partial charge in [0, 0.05) is 50.1 Å². The quantitative estimate of drug-likeness (QED) is 0.591. The fraction of sp³-hybridized carbons (Fsp3) is 0.500. The zero-order valence-corrected chi connectivity index (χ0v) is 20.7. The maximum atomic E-state index is 12.9. The zero-order chi connectivity index (χ0) is 23.8. The fourth-order valence-electron chi connectivity index (χ4n) is 5.26. The molecule has 1 aliphatic carbocycles. The number of amides is 2. The summed E-state index contributed by atoms with van der Waals surface area (Å²) in [6, 6.07) is 19.0. The van der Waals surface area contributed by atoms with E-state index in [4.69, 9.17) is 11.6 Å². The van der Waals surface area contributed by atoms with Crippen molar-refractivity contribution in [3.8, 4) is 0 Å². The lowest BCUT2D eigenvalue weighted by molar-refractivity contribution is -0.133. The molecule has 34 heavy (non-hydrogen) atoms. The normalized spacial score (nSPS) is 18.8. The highest BCUT2D eigenvalue weighted by atomic mass is 35.5. The van der Waals surface area contributed by atoms with Crippen LogP contribution in [0.4, 0.5) is 0 Å². The van der Waals surface area contributed by atoms with Gasteiger partial charge in [-0.3, -0.25) is 14.5 Å². The van der Waals surface area contributed by atoms with Crippen molar-refractivity contribution >= 4 is 23.4 Å². The highest BCUT2D eigenvalue weighted by Crippen LogP contribution is 2.30. The molecular weight excluding hydrogens is 446 g/mol. The number of halogens is 1. The molecule has 2 aromatic carbocycles. The molecule has 1 saturated heterocycles. The van der Waals surface area contributed by atoms with Crippen LogP contribution < -0.4 is 5.32 Å². The van der Waals surface area contributed by atoms with Gasteiger partial charge in [0.1, 0.15) is 0 Å². The van der Waals surface area contributed by atoms with Crippen molar-refractivity contribution in [2.75, 3.05) is 26.2 Å². The summed E-state index contributed by atoms with van der Waals surface area (Å²) in [4.78, 5) is 29.7. The van der Waals surface area contributed by atoms with Crippen molar-refractivity contribution in [3.05, 3.63) is 70.7 Å². The molecule has 0 spiro atoms. The Morgan fingerprint density at radius 1 is 0.824 bits per heavy atom. The summed E-state index contributed by atoms with van der Waals surface area (Å²) in [6.07, 6.45) is 7.26. The van der Waals surface area contributed by atoms with Crippen LogP contribution >= 0.6 is 11.6 Å². The van der Waals surface area contributed by atoms with E-state index in [1.54, 1.807) is 0 Å². The first-order valence-electron chi connectivity index (χ1n) is 12.7. The van der Waals surface area contributed by atoms with Gasteiger partial charge in [-0.05, 0) is 42.5 Å². The number of carbonyl (C=O) groups excluding carboxylic acids is 2. The third-order valence-corrected chi connectivity index (χ3v) is 7.34. The van der Waals surface area contributed by atoms with E-state index in [9.17, 15) is 9.59 Å². The van der Waals surface area contributed by atoms with E-state index in [1.165, 1.54) is 30.4 Å². The Morgan fingerprint density at radius 2 is 1.53 bits per heavy atom. The van der Waals surface area contributed by atoms with Crippen LogP contribution in [0.5, 0.6) is 0 Å². The summed E-state index contributed by atoms with van der Waals surface area (Å²) in [5.41, 5.74) is 2.44. The second kappa shape index (κ2) is 12.4. The molecular formula is C28H36ClN3O2. The second-order valence-electron chi connectivity index (χ2n) is 9.54. The molecule has 1 unspecified atom stereocenters. The first kappa shape index (κ1) is 24.7. The third kappa shape index (κ3) is 6.83. The molecule has 2 aliphatic rings. The summed E-state index contributed by atoms with van der Waals surface area (Å²) < 4.78 is 0. The van der Waals surface area contributed by atoms with Crippen molar-refractivity contribution in [2.24, 2.45) is 0 Å². The topological polar surface area (TPSA) is 52.7 Å². The largest absolute Gasteiger partial charge is 0.353 e. The van der Waals surface area contributed by atoms with Gasteiger partial charge >= 0.3 is 0 Å². The minimum Gasteiger partial charge on any atom is -0.353 e. The Labute approximate surface area is 208 Å². The molecule has 5 nitrogen and oxygen atoms in total. The van der Waals surface area contributed by atoms with Gasteiger partial charge in [0.25, 0.3) is 0 Å². The first-order valence-corrected chi connectivity index (χ1v) is 13.1. The van der Waals surface area contributed by atoms with Gasteiger partial charge in [0.2, 0.25) is 11.8 Å². The number of hydrogen-bond donors (Lipinski definition) is 1. The molecule has 1 atom stereocenters. The Morgan fingerprint density at radius 3 is 2.26 bits per heavy atom. The van der Waals surface area contributed by atoms with Crippen LogP contribution in [0.3, 0.4) is 0 Å². The standard InChI is InChI=1S/C28H36ClN3O2/c29-24-14-12-23(13-15-24)28(22-8-3-1-4-9-22)32-19-7-18-31(20-21-32)27(34)17-16-26(33)30-25-10-5-2-6-11-25/h1,3-4,8-9,12-15,25,28H,2,5-7,10-11,16-21H2,(H,30,33). The molecule has 0 aromatic heterocycles. The van der Waals surface area contributed by atoms with Gasteiger partial charge in [0.05, 0.1) is 6.04 Å². The molecule has 0 radical (unpaired) electrons. The predicted molar refractivity (Wildman–Crippen MR) is 137 cm³/mol. The number of rotatable bonds is 7. The molecule has 2 aromatic rings. The molecule has 6 heteroatoms. The maximum absolute atomic E-state index is 12.9. The fourth-order valence-corrected chi connectivity index (χ4v) is 5.39. The molecule has 1 heterocycles. The Bertz CT molecular complexity index is 928. The van der Waals surface area contributed by atoms with Crippen molar-refractivity contribution < 1.29 is 9.59 Å². The van der Waals surface area contributed by atoms with Crippen molar-refractivity contribution in [1.29, 1.82) is 0 Å². The van der Waals surface area contributed by atoms with E-state index in [0.29, 0.717) is 12.6 Å². The molecule has 1 N–H and O–H groups in total. The first-order chi connectivity index (χ1) is 16.6. The SMILES string of the molecule is O=C(CCC(=O)N1CCCN(C(c2ccccc2)c2ccc(Cl)cc2)CC1)NC1CCCCC1. The van der Waals surface area contributed by atoms with E-state index >= 15 is 0 Å². The van der Waals surface area contributed by atoms with Gasteiger partial charge < -0.3 is 10.2 Å². The second-order valence-corrected chi connectivity index (χ2v) is 9.97. The minimum atomic E-state index is 0.0172. The van der Waals surface area contributed by atoms with Gasteiger partial charge in [-0.2, -0.15) is 0 Å². The smallest absolute Gasteiger partial charge is 0.223 e. The highest BCUT2D eigenvalue weighted by molar-refractivity contribution is 6.30. The number of carbonyl (C=O) groups is 2. The molecule has 1 aliphatic heterocycles. The van der Waals surface area contributed by atoms with Gasteiger partial charge in [-0.15, -0.1) is 0 Å². The van der Waals surface area contributed by atoms with Gasteiger partial charge in [-0.25, -0.2) is 0 Å². The van der Waals surface area contributed by atoms with Crippen LogP contribution in [0.2, 0.25) is 5.02 Å². The molecule has 4 rings (SSSR count). The van der Waals surface area contributed by atoms with E-state index in [-0.39, 0.29) is 30.7 Å². The van der Waals surface area contributed by atoms with Crippen molar-refractivity contribution in [3.63, 3.8) is 0 Å². The Balaban J connectivity index is 1.34. The molecule has 2 fully saturated rings. The monoisotopic (exact) mass is 481 g/mol. The van der Waals surface area contributed by atoms with Crippen LogP contribution in [0.15, 0.2) is 54.6 Å². The van der Waals surface area contributed by atoms with E-state index in [2.05, 4.69) is 46.6 Å². The minimum absolute atomic E-state index is 0.0172. The maximum Gasteiger partial charge on any atom is 0.223 e. The van der Waals surface area contributed by atoms with E-state index in [0.717, 1.165) is 43.9 Å². The lowest BCUT2D eigenvalue weighted by Crippen LogP contribution is -2.38. The molecule has 182 valence electrons. The van der Waals surface area contributed by atoms with Crippen LogP contribution in [-0.2, 0) is 9.59 Å². The number of benzene rings is 2. The van der Waals surface area contributed by atoms with E-state index in [1.807, 2.05) is 23.1 Å². The summed E-state index contributed by atoms with van der Waals surface area (Å²) in [7, 11) is 0. The molecule has 1 saturated carbocycles. The van der Waals surface area contributed by atoms with Gasteiger partial charge in [0.15, 0.2) is 0 Å². The summed E-state index contributed by atoms with van der Waals surface area (Å²) in [5, 5.41) is 3.86. The molecule has 0 bridgehead atoms. The lowest BCUT2D eigenvalue weighted by Gasteiger charge is -2.31.